The van der Waals surface area contributed by atoms with Crippen molar-refractivity contribution in [2.24, 2.45) is 0 Å². The minimum Gasteiger partial charge on any atom is -0.495 e. The molecule has 250 valence electrons. The van der Waals surface area contributed by atoms with Crippen LogP contribution in [0.2, 0.25) is 0 Å². The number of aromatic nitrogens is 4. The Morgan fingerprint density at radius 2 is 1.26 bits per heavy atom. The van der Waals surface area contributed by atoms with Gasteiger partial charge in [0.25, 0.3) is 10.1 Å². The molecule has 5 heterocycles. The van der Waals surface area contributed by atoms with Gasteiger partial charge in [0.1, 0.15) is 22.8 Å². The molecule has 6 rings (SSSR count). The van der Waals surface area contributed by atoms with E-state index in [4.69, 9.17) is 13.7 Å². The summed E-state index contributed by atoms with van der Waals surface area (Å²) in [5, 5.41) is 2.07. The van der Waals surface area contributed by atoms with E-state index in [1.54, 1.807) is 50.9 Å². The van der Waals surface area contributed by atoms with Crippen molar-refractivity contribution in [3.63, 3.8) is 0 Å². The molecule has 0 bridgehead atoms. The lowest BCUT2D eigenvalue weighted by atomic mass is 10.2. The van der Waals surface area contributed by atoms with Crippen LogP contribution in [0.5, 0.6) is 11.5 Å². The average molecular weight is 653 g/mol. The first-order chi connectivity index (χ1) is 21.3. The lowest BCUT2D eigenvalue weighted by Crippen LogP contribution is -2.45. The van der Waals surface area contributed by atoms with Gasteiger partial charge in [0, 0.05) is 69.0 Å². The van der Waals surface area contributed by atoms with Crippen LogP contribution in [-0.4, -0.2) is 97.9 Å². The number of hydrogen-bond donors (Lipinski definition) is 0. The molecule has 0 saturated carbocycles. The van der Waals surface area contributed by atoms with Crippen LogP contribution in [0, 0.1) is 6.92 Å². The first-order valence-corrected chi connectivity index (χ1v) is 16.0. The summed E-state index contributed by atoms with van der Waals surface area (Å²) >= 11 is 0. The van der Waals surface area contributed by atoms with Gasteiger partial charge in [0.15, 0.2) is 0 Å². The van der Waals surface area contributed by atoms with Gasteiger partial charge in [-0.15, -0.1) is 0 Å². The van der Waals surface area contributed by atoms with Gasteiger partial charge in [-0.25, -0.2) is 9.97 Å². The van der Waals surface area contributed by atoms with Gasteiger partial charge in [-0.1, -0.05) is 32.5 Å². The number of rotatable bonds is 10. The highest BCUT2D eigenvalue weighted by atomic mass is 32.2. The second-order valence-corrected chi connectivity index (χ2v) is 12.4. The standard InChI is InChI=1S/C17H18N2O4S.C15H22N4O.2CH4/c1-13-3-5-16(6-4-13)24(20,21)23-10-9-19-8-7-14-11-15(22-2)12-18-17(14)19;1-17-5-7-18(8-6-17)9-10-19-4-3-13-11-14(20-2)12-16-15(13)19;;/h3-8,11-12H,9-10H2,1-2H3;3-4,11-12H,5-10H2,1-2H3;2*1H4. The summed E-state index contributed by atoms with van der Waals surface area (Å²) in [6, 6.07) is 14.5. The highest BCUT2D eigenvalue weighted by Crippen LogP contribution is 2.21. The topological polar surface area (TPSA) is 104 Å². The fourth-order valence-electron chi connectivity index (χ4n) is 5.04. The number of piperazine rings is 1. The number of fused-ring (bicyclic) bond motifs is 2. The van der Waals surface area contributed by atoms with Crippen LogP contribution >= 0.6 is 0 Å². The molecule has 1 aliphatic heterocycles. The molecule has 5 aromatic rings. The van der Waals surface area contributed by atoms with E-state index >= 15 is 0 Å². The van der Waals surface area contributed by atoms with Gasteiger partial charge in [0.2, 0.25) is 0 Å². The fourth-order valence-corrected chi connectivity index (χ4v) is 5.94. The Morgan fingerprint density at radius 1 is 0.739 bits per heavy atom. The van der Waals surface area contributed by atoms with E-state index in [0.29, 0.717) is 12.3 Å². The molecule has 0 N–H and O–H groups in total. The SMILES string of the molecule is C.C.COc1cnc2c(ccn2CCN2CCN(C)CC2)c1.COc1cnc2c(ccn2CCOS(=O)(=O)c2ccc(C)cc2)c1. The van der Waals surface area contributed by atoms with E-state index < -0.39 is 10.1 Å². The zero-order chi connectivity index (χ0) is 31.1. The Bertz CT molecular complexity index is 1780. The molecule has 1 aliphatic rings. The minimum absolute atomic E-state index is 0. The molecule has 1 saturated heterocycles. The van der Waals surface area contributed by atoms with Crippen LogP contribution in [0.4, 0.5) is 0 Å². The third-order valence-corrected chi connectivity index (χ3v) is 9.08. The summed E-state index contributed by atoms with van der Waals surface area (Å²) in [6.07, 6.45) is 7.38. The summed E-state index contributed by atoms with van der Waals surface area (Å²) in [6.45, 7) is 9.06. The van der Waals surface area contributed by atoms with E-state index in [-0.39, 0.29) is 26.4 Å². The van der Waals surface area contributed by atoms with Crippen molar-refractivity contribution in [3.05, 3.63) is 78.9 Å². The van der Waals surface area contributed by atoms with Gasteiger partial charge in [-0.3, -0.25) is 9.08 Å². The van der Waals surface area contributed by atoms with Crippen molar-refractivity contribution in [2.45, 2.75) is 39.8 Å². The molecule has 0 spiro atoms. The van der Waals surface area contributed by atoms with Crippen LogP contribution < -0.4 is 9.47 Å². The highest BCUT2D eigenvalue weighted by molar-refractivity contribution is 7.86. The largest absolute Gasteiger partial charge is 0.495 e. The zero-order valence-corrected chi connectivity index (χ0v) is 26.5. The van der Waals surface area contributed by atoms with Crippen molar-refractivity contribution in [2.75, 3.05) is 60.6 Å². The Morgan fingerprint density at radius 3 is 1.78 bits per heavy atom. The van der Waals surface area contributed by atoms with Gasteiger partial charge < -0.3 is 23.5 Å². The lowest BCUT2D eigenvalue weighted by molar-refractivity contribution is 0.150. The fraction of sp³-hybridized carbons (Fsp3) is 0.412. The van der Waals surface area contributed by atoms with E-state index in [9.17, 15) is 8.42 Å². The van der Waals surface area contributed by atoms with E-state index in [1.165, 1.54) is 13.1 Å². The first kappa shape index (κ1) is 36.5. The normalized spacial score (nSPS) is 13.8. The molecular weight excluding hydrogens is 604 g/mol. The summed E-state index contributed by atoms with van der Waals surface area (Å²) in [5.74, 6) is 1.49. The van der Waals surface area contributed by atoms with Crippen LogP contribution in [0.1, 0.15) is 20.4 Å². The summed E-state index contributed by atoms with van der Waals surface area (Å²) in [5.41, 5.74) is 2.79. The second kappa shape index (κ2) is 16.5. The van der Waals surface area contributed by atoms with Crippen LogP contribution in [0.25, 0.3) is 22.1 Å². The quantitative estimate of drug-likeness (QED) is 0.185. The third kappa shape index (κ3) is 9.06. The van der Waals surface area contributed by atoms with Gasteiger partial charge in [0.05, 0.1) is 38.1 Å². The maximum absolute atomic E-state index is 12.2. The number of aryl methyl sites for hydroxylation is 1. The molecule has 0 aliphatic carbocycles. The third-order valence-electron chi connectivity index (χ3n) is 7.76. The number of likely N-dealkylation sites (N-methyl/N-ethyl adjacent to an activating group) is 1. The zero-order valence-electron chi connectivity index (χ0n) is 25.7. The predicted molar refractivity (Wildman–Crippen MR) is 184 cm³/mol. The van der Waals surface area contributed by atoms with Crippen molar-refractivity contribution in [3.8, 4) is 11.5 Å². The van der Waals surface area contributed by atoms with Gasteiger partial charge >= 0.3 is 0 Å². The summed E-state index contributed by atoms with van der Waals surface area (Å²) in [4.78, 5) is 13.9. The number of hydrogen-bond acceptors (Lipinski definition) is 9. The molecule has 0 amide bonds. The number of pyridine rings is 2. The molecule has 0 atom stereocenters. The van der Waals surface area contributed by atoms with Gasteiger partial charge in [-0.05, 0) is 50.4 Å². The minimum atomic E-state index is -3.75. The van der Waals surface area contributed by atoms with E-state index in [1.807, 2.05) is 35.9 Å². The Hall–Kier alpha value is -3.97. The summed E-state index contributed by atoms with van der Waals surface area (Å²) in [7, 11) is 1.70. The van der Waals surface area contributed by atoms with Crippen LogP contribution in [0.3, 0.4) is 0 Å². The maximum atomic E-state index is 12.2. The molecule has 1 fully saturated rings. The molecule has 11 nitrogen and oxygen atoms in total. The number of methoxy groups -OCH3 is 2. The van der Waals surface area contributed by atoms with Crippen molar-refractivity contribution < 1.29 is 22.1 Å². The predicted octanol–water partition coefficient (Wildman–Crippen LogP) is 5.32. The van der Waals surface area contributed by atoms with Crippen LogP contribution in [-0.2, 0) is 27.4 Å². The molecule has 0 radical (unpaired) electrons. The van der Waals surface area contributed by atoms with Crippen molar-refractivity contribution in [1.82, 2.24) is 28.9 Å². The molecule has 1 aromatic carbocycles. The van der Waals surface area contributed by atoms with E-state index in [2.05, 4.69) is 43.6 Å². The van der Waals surface area contributed by atoms with Crippen molar-refractivity contribution >= 4 is 32.2 Å². The Kier molecular flexibility index (Phi) is 13.1. The Labute approximate surface area is 273 Å². The molecule has 12 heteroatoms. The molecule has 46 heavy (non-hydrogen) atoms. The first-order valence-electron chi connectivity index (χ1n) is 14.6. The molecule has 0 unspecified atom stereocenters. The van der Waals surface area contributed by atoms with E-state index in [0.717, 1.165) is 59.6 Å². The number of benzene rings is 1. The number of nitrogens with zero attached hydrogens (tertiary/aromatic N) is 6. The average Bonchev–Trinajstić information content (AvgIpc) is 3.64. The lowest BCUT2D eigenvalue weighted by Gasteiger charge is -2.32. The van der Waals surface area contributed by atoms with Crippen molar-refractivity contribution in [1.29, 1.82) is 0 Å². The second-order valence-electron chi connectivity index (χ2n) is 10.8. The summed E-state index contributed by atoms with van der Waals surface area (Å²) < 4.78 is 43.9. The van der Waals surface area contributed by atoms with Gasteiger partial charge in [-0.2, -0.15) is 8.42 Å². The number of ether oxygens (including phenoxy) is 2. The highest BCUT2D eigenvalue weighted by Gasteiger charge is 2.16. The molecular formula is C34H48N6O5S. The maximum Gasteiger partial charge on any atom is 0.297 e. The Balaban J connectivity index is 0.000000243. The molecule has 4 aromatic heterocycles. The van der Waals surface area contributed by atoms with Crippen LogP contribution in [0.15, 0.2) is 78.2 Å². The monoisotopic (exact) mass is 652 g/mol. The smallest absolute Gasteiger partial charge is 0.297 e.